The van der Waals surface area contributed by atoms with E-state index in [2.05, 4.69) is 0 Å². The third-order valence-corrected chi connectivity index (χ3v) is 2.24. The first-order valence-electron chi connectivity index (χ1n) is 5.22. The quantitative estimate of drug-likeness (QED) is 0.788. The molecule has 0 radical (unpaired) electrons. The van der Waals surface area contributed by atoms with Crippen LogP contribution in [0.5, 0.6) is 11.5 Å². The monoisotopic (exact) mass is 225 g/mol. The summed E-state index contributed by atoms with van der Waals surface area (Å²) in [7, 11) is 5.58. The van der Waals surface area contributed by atoms with E-state index in [4.69, 9.17) is 14.6 Å². The van der Waals surface area contributed by atoms with Gasteiger partial charge in [0, 0.05) is 18.2 Å². The molecule has 0 saturated carbocycles. The topological polar surface area (TPSA) is 41.9 Å². The second kappa shape index (κ2) is 6.35. The molecule has 0 heterocycles. The van der Waals surface area contributed by atoms with Crippen molar-refractivity contribution in [3.05, 3.63) is 23.8 Å². The number of ether oxygens (including phenoxy) is 2. The summed E-state index contributed by atoms with van der Waals surface area (Å²) in [5.41, 5.74) is 0.777. The van der Waals surface area contributed by atoms with Gasteiger partial charge in [-0.05, 0) is 26.2 Å². The van der Waals surface area contributed by atoms with Crippen LogP contribution in [0.4, 0.5) is 0 Å². The van der Waals surface area contributed by atoms with Crippen LogP contribution in [0.1, 0.15) is 5.56 Å². The summed E-state index contributed by atoms with van der Waals surface area (Å²) in [5.74, 6) is 1.42. The minimum Gasteiger partial charge on any atom is -0.497 e. The summed E-state index contributed by atoms with van der Waals surface area (Å²) in [4.78, 5) is 2.04. The molecule has 0 aliphatic carbocycles. The van der Waals surface area contributed by atoms with Crippen LogP contribution in [0.25, 0.3) is 0 Å². The van der Waals surface area contributed by atoms with Gasteiger partial charge in [0.1, 0.15) is 18.1 Å². The molecule has 1 N–H and O–H groups in total. The predicted molar refractivity (Wildman–Crippen MR) is 63.0 cm³/mol. The lowest BCUT2D eigenvalue weighted by Gasteiger charge is -2.14. The summed E-state index contributed by atoms with van der Waals surface area (Å²) in [5, 5.41) is 9.16. The van der Waals surface area contributed by atoms with E-state index in [0.717, 1.165) is 17.9 Å². The van der Waals surface area contributed by atoms with Gasteiger partial charge < -0.3 is 19.5 Å². The molecule has 4 heteroatoms. The standard InChI is InChI=1S/C12H19NO3/c1-13(2)6-7-16-12-8-11(15-3)5-4-10(12)9-14/h4-5,8,14H,6-7,9H2,1-3H3. The molecule has 0 aromatic heterocycles. The largest absolute Gasteiger partial charge is 0.497 e. The highest BCUT2D eigenvalue weighted by Gasteiger charge is 2.05. The van der Waals surface area contributed by atoms with Crippen molar-refractivity contribution in [3.8, 4) is 11.5 Å². The number of hydrogen-bond acceptors (Lipinski definition) is 4. The molecular formula is C12H19NO3. The van der Waals surface area contributed by atoms with Crippen LogP contribution in [-0.2, 0) is 6.61 Å². The molecule has 0 unspecified atom stereocenters. The molecule has 16 heavy (non-hydrogen) atoms. The predicted octanol–water partition coefficient (Wildman–Crippen LogP) is 1.13. The maximum Gasteiger partial charge on any atom is 0.128 e. The van der Waals surface area contributed by atoms with Crippen LogP contribution >= 0.6 is 0 Å². The maximum atomic E-state index is 9.16. The normalized spacial score (nSPS) is 10.6. The second-order valence-corrected chi connectivity index (χ2v) is 3.78. The van der Waals surface area contributed by atoms with Crippen LogP contribution in [0, 0.1) is 0 Å². The van der Waals surface area contributed by atoms with Crippen LogP contribution in [0.3, 0.4) is 0 Å². The summed E-state index contributed by atoms with van der Waals surface area (Å²) in [6.45, 7) is 1.40. The second-order valence-electron chi connectivity index (χ2n) is 3.78. The highest BCUT2D eigenvalue weighted by molar-refractivity contribution is 5.40. The molecular weight excluding hydrogens is 206 g/mol. The van der Waals surface area contributed by atoms with Crippen LogP contribution in [0.15, 0.2) is 18.2 Å². The molecule has 4 nitrogen and oxygen atoms in total. The van der Waals surface area contributed by atoms with Crippen molar-refractivity contribution < 1.29 is 14.6 Å². The summed E-state index contributed by atoms with van der Waals surface area (Å²) in [6, 6.07) is 5.41. The van der Waals surface area contributed by atoms with Crippen molar-refractivity contribution in [1.29, 1.82) is 0 Å². The Morgan fingerprint density at radius 3 is 2.62 bits per heavy atom. The van der Waals surface area contributed by atoms with Gasteiger partial charge in [-0.2, -0.15) is 0 Å². The highest BCUT2D eigenvalue weighted by Crippen LogP contribution is 2.24. The van der Waals surface area contributed by atoms with Gasteiger partial charge in [-0.15, -0.1) is 0 Å². The summed E-state index contributed by atoms with van der Waals surface area (Å²) < 4.78 is 10.7. The van der Waals surface area contributed by atoms with Crippen molar-refractivity contribution >= 4 is 0 Å². The molecule has 1 rings (SSSR count). The number of benzene rings is 1. The molecule has 1 aromatic rings. The molecule has 0 saturated heterocycles. The highest BCUT2D eigenvalue weighted by atomic mass is 16.5. The van der Waals surface area contributed by atoms with E-state index in [9.17, 15) is 0 Å². The smallest absolute Gasteiger partial charge is 0.128 e. The minimum atomic E-state index is -0.0265. The zero-order chi connectivity index (χ0) is 12.0. The first-order chi connectivity index (χ1) is 7.67. The molecule has 1 aromatic carbocycles. The van der Waals surface area contributed by atoms with Crippen LogP contribution in [-0.4, -0.2) is 44.4 Å². The molecule has 90 valence electrons. The maximum absolute atomic E-state index is 9.16. The fourth-order valence-corrected chi connectivity index (χ4v) is 1.27. The minimum absolute atomic E-state index is 0.0265. The van der Waals surface area contributed by atoms with Crippen molar-refractivity contribution in [3.63, 3.8) is 0 Å². The fraction of sp³-hybridized carbons (Fsp3) is 0.500. The van der Waals surface area contributed by atoms with Crippen molar-refractivity contribution in [2.24, 2.45) is 0 Å². The number of aliphatic hydroxyl groups excluding tert-OH is 1. The van der Waals surface area contributed by atoms with Gasteiger partial charge in [0.25, 0.3) is 0 Å². The van der Waals surface area contributed by atoms with Gasteiger partial charge in [0.15, 0.2) is 0 Å². The molecule has 0 amide bonds. The molecule has 0 fully saturated rings. The van der Waals surface area contributed by atoms with Gasteiger partial charge in [-0.1, -0.05) is 0 Å². The van der Waals surface area contributed by atoms with E-state index < -0.39 is 0 Å². The van der Waals surface area contributed by atoms with E-state index in [0.29, 0.717) is 12.4 Å². The Morgan fingerprint density at radius 2 is 2.06 bits per heavy atom. The van der Waals surface area contributed by atoms with E-state index in [1.165, 1.54) is 0 Å². The van der Waals surface area contributed by atoms with Crippen molar-refractivity contribution in [2.75, 3.05) is 34.4 Å². The van der Waals surface area contributed by atoms with Crippen LogP contribution in [0.2, 0.25) is 0 Å². The van der Waals surface area contributed by atoms with Gasteiger partial charge in [-0.3, -0.25) is 0 Å². The lowest BCUT2D eigenvalue weighted by Crippen LogP contribution is -2.19. The third-order valence-electron chi connectivity index (χ3n) is 2.24. The Morgan fingerprint density at radius 1 is 1.31 bits per heavy atom. The van der Waals surface area contributed by atoms with Gasteiger partial charge in [0.2, 0.25) is 0 Å². The zero-order valence-electron chi connectivity index (χ0n) is 10.1. The lowest BCUT2D eigenvalue weighted by atomic mass is 10.2. The Labute approximate surface area is 96.4 Å². The lowest BCUT2D eigenvalue weighted by molar-refractivity contribution is 0.242. The first kappa shape index (κ1) is 12.8. The zero-order valence-corrected chi connectivity index (χ0v) is 10.1. The molecule has 0 atom stereocenters. The number of hydrogen-bond donors (Lipinski definition) is 1. The number of likely N-dealkylation sites (N-methyl/N-ethyl adjacent to an activating group) is 1. The average Bonchev–Trinajstić information content (AvgIpc) is 2.28. The van der Waals surface area contributed by atoms with Crippen molar-refractivity contribution in [1.82, 2.24) is 4.90 Å². The van der Waals surface area contributed by atoms with E-state index >= 15 is 0 Å². The Hall–Kier alpha value is -1.26. The van der Waals surface area contributed by atoms with E-state index in [1.54, 1.807) is 13.2 Å². The molecule has 0 spiro atoms. The third kappa shape index (κ3) is 3.72. The van der Waals surface area contributed by atoms with Gasteiger partial charge in [0.05, 0.1) is 13.7 Å². The molecule has 0 aliphatic heterocycles. The summed E-state index contributed by atoms with van der Waals surface area (Å²) in [6.07, 6.45) is 0. The molecule has 0 aliphatic rings. The Kier molecular flexibility index (Phi) is 5.08. The summed E-state index contributed by atoms with van der Waals surface area (Å²) >= 11 is 0. The first-order valence-corrected chi connectivity index (χ1v) is 5.22. The van der Waals surface area contributed by atoms with Crippen molar-refractivity contribution in [2.45, 2.75) is 6.61 Å². The fourth-order valence-electron chi connectivity index (χ4n) is 1.27. The van der Waals surface area contributed by atoms with E-state index in [-0.39, 0.29) is 6.61 Å². The Balaban J connectivity index is 2.67. The average molecular weight is 225 g/mol. The number of methoxy groups -OCH3 is 1. The number of aliphatic hydroxyl groups is 1. The Bertz CT molecular complexity index is 326. The molecule has 0 bridgehead atoms. The van der Waals surface area contributed by atoms with E-state index in [1.807, 2.05) is 31.1 Å². The van der Waals surface area contributed by atoms with Crippen LogP contribution < -0.4 is 9.47 Å². The SMILES string of the molecule is COc1ccc(CO)c(OCCN(C)C)c1. The number of nitrogens with zero attached hydrogens (tertiary/aromatic N) is 1. The number of rotatable bonds is 6. The van der Waals surface area contributed by atoms with Gasteiger partial charge >= 0.3 is 0 Å². The van der Waals surface area contributed by atoms with Gasteiger partial charge in [-0.25, -0.2) is 0 Å².